The number of sulfonamides is 1. The zero-order valence-electron chi connectivity index (χ0n) is 14.1. The lowest BCUT2D eigenvalue weighted by Gasteiger charge is -2.31. The van der Waals surface area contributed by atoms with E-state index in [1.54, 1.807) is 0 Å². The van der Waals surface area contributed by atoms with Crippen LogP contribution in [0.1, 0.15) is 32.3 Å². The minimum Gasteiger partial charge on any atom is -0.355 e. The van der Waals surface area contributed by atoms with Crippen LogP contribution in [-0.4, -0.2) is 44.5 Å². The van der Waals surface area contributed by atoms with Gasteiger partial charge in [-0.1, -0.05) is 44.2 Å². The first-order valence-corrected chi connectivity index (χ1v) is 9.83. The monoisotopic (exact) mass is 338 g/mol. The number of carbonyl (C=O) groups is 1. The summed E-state index contributed by atoms with van der Waals surface area (Å²) in [5.41, 5.74) is 1.00. The molecule has 1 aliphatic rings. The molecule has 0 bridgehead atoms. The van der Waals surface area contributed by atoms with Crippen LogP contribution in [-0.2, 0) is 20.2 Å². The number of hydrogen-bond donors (Lipinski definition) is 1. The van der Waals surface area contributed by atoms with E-state index in [-0.39, 0.29) is 23.8 Å². The Morgan fingerprint density at radius 3 is 2.57 bits per heavy atom. The average molecular weight is 338 g/mol. The third-order valence-electron chi connectivity index (χ3n) is 4.48. The number of piperidine rings is 1. The molecule has 1 heterocycles. The zero-order chi connectivity index (χ0) is 17.1. The Labute approximate surface area is 139 Å². The first-order valence-electron chi connectivity index (χ1n) is 7.98. The quantitative estimate of drug-likeness (QED) is 0.889. The van der Waals surface area contributed by atoms with Crippen molar-refractivity contribution in [2.24, 2.45) is 5.92 Å². The highest BCUT2D eigenvalue weighted by Gasteiger charge is 2.31. The topological polar surface area (TPSA) is 66.5 Å². The molecule has 1 saturated heterocycles. The first kappa shape index (κ1) is 17.9. The Morgan fingerprint density at radius 1 is 1.30 bits per heavy atom. The molecular formula is C17H26N2O3S. The molecular weight excluding hydrogens is 312 g/mol. The normalized spacial score (nSPS) is 20.2. The van der Waals surface area contributed by atoms with E-state index in [4.69, 9.17) is 0 Å². The van der Waals surface area contributed by atoms with Gasteiger partial charge in [0.2, 0.25) is 15.9 Å². The molecule has 128 valence electrons. The van der Waals surface area contributed by atoms with Gasteiger partial charge in [0.15, 0.2) is 0 Å². The summed E-state index contributed by atoms with van der Waals surface area (Å²) < 4.78 is 24.7. The van der Waals surface area contributed by atoms with Crippen molar-refractivity contribution in [3.8, 4) is 0 Å². The van der Waals surface area contributed by atoms with Crippen LogP contribution in [0, 0.1) is 5.92 Å². The molecule has 5 nitrogen and oxygen atoms in total. The molecule has 1 aromatic rings. The highest BCUT2D eigenvalue weighted by Crippen LogP contribution is 2.23. The summed E-state index contributed by atoms with van der Waals surface area (Å²) in [5, 5.41) is 3.00. The van der Waals surface area contributed by atoms with Crippen molar-refractivity contribution in [3.05, 3.63) is 35.9 Å². The molecule has 0 saturated carbocycles. The average Bonchev–Trinajstić information content (AvgIpc) is 2.53. The summed E-state index contributed by atoms with van der Waals surface area (Å²) >= 11 is 0. The van der Waals surface area contributed by atoms with Crippen LogP contribution in [0.3, 0.4) is 0 Å². The van der Waals surface area contributed by atoms with Gasteiger partial charge in [-0.2, -0.15) is 0 Å². The second-order valence-corrected chi connectivity index (χ2v) is 8.91. The van der Waals surface area contributed by atoms with Gasteiger partial charge in [-0.25, -0.2) is 12.7 Å². The molecule has 1 atom stereocenters. The van der Waals surface area contributed by atoms with Crippen molar-refractivity contribution in [2.45, 2.75) is 32.1 Å². The van der Waals surface area contributed by atoms with E-state index >= 15 is 0 Å². The van der Waals surface area contributed by atoms with E-state index in [1.807, 2.05) is 18.2 Å². The number of rotatable bonds is 5. The largest absolute Gasteiger partial charge is 0.355 e. The van der Waals surface area contributed by atoms with E-state index in [0.29, 0.717) is 13.1 Å². The van der Waals surface area contributed by atoms with E-state index in [1.165, 1.54) is 16.1 Å². The first-order chi connectivity index (χ1) is 10.7. The molecule has 23 heavy (non-hydrogen) atoms. The van der Waals surface area contributed by atoms with E-state index in [9.17, 15) is 13.2 Å². The second-order valence-electron chi connectivity index (χ2n) is 6.93. The maximum atomic E-state index is 12.4. The van der Waals surface area contributed by atoms with Gasteiger partial charge in [-0.15, -0.1) is 0 Å². The van der Waals surface area contributed by atoms with Gasteiger partial charge in [0.25, 0.3) is 0 Å². The SMILES string of the molecule is CC(C)(CNC(=O)[C@H]1CCCN(S(C)(=O)=O)C1)c1ccccc1. The van der Waals surface area contributed by atoms with Gasteiger partial charge < -0.3 is 5.32 Å². The van der Waals surface area contributed by atoms with Crippen LogP contribution in [0.5, 0.6) is 0 Å². The number of carbonyl (C=O) groups excluding carboxylic acids is 1. The van der Waals surface area contributed by atoms with Crippen LogP contribution >= 0.6 is 0 Å². The molecule has 6 heteroatoms. The number of amides is 1. The van der Waals surface area contributed by atoms with E-state index in [2.05, 4.69) is 31.3 Å². The molecule has 1 fully saturated rings. The molecule has 1 aromatic carbocycles. The minimum absolute atomic E-state index is 0.0534. The minimum atomic E-state index is -3.23. The molecule has 0 unspecified atom stereocenters. The second kappa shape index (κ2) is 7.01. The molecule has 1 amide bonds. The van der Waals surface area contributed by atoms with Crippen molar-refractivity contribution < 1.29 is 13.2 Å². The van der Waals surface area contributed by atoms with Crippen LogP contribution in [0.15, 0.2) is 30.3 Å². The highest BCUT2D eigenvalue weighted by molar-refractivity contribution is 7.88. The molecule has 0 aliphatic carbocycles. The summed E-state index contributed by atoms with van der Waals surface area (Å²) in [7, 11) is -3.23. The van der Waals surface area contributed by atoms with Crippen molar-refractivity contribution in [2.75, 3.05) is 25.9 Å². The summed E-state index contributed by atoms with van der Waals surface area (Å²) in [4.78, 5) is 12.4. The zero-order valence-corrected chi connectivity index (χ0v) is 14.9. The Bertz CT molecular complexity index is 641. The molecule has 1 aliphatic heterocycles. The third kappa shape index (κ3) is 4.78. The van der Waals surface area contributed by atoms with Crippen LogP contribution in [0.4, 0.5) is 0 Å². The van der Waals surface area contributed by atoms with Gasteiger partial charge >= 0.3 is 0 Å². The fourth-order valence-corrected chi connectivity index (χ4v) is 3.81. The van der Waals surface area contributed by atoms with Crippen molar-refractivity contribution in [3.63, 3.8) is 0 Å². The van der Waals surface area contributed by atoms with Gasteiger partial charge in [0.1, 0.15) is 0 Å². The lowest BCUT2D eigenvalue weighted by molar-refractivity contribution is -0.126. The van der Waals surface area contributed by atoms with Gasteiger partial charge in [0.05, 0.1) is 12.2 Å². The standard InChI is InChI=1S/C17H26N2O3S/c1-17(2,15-9-5-4-6-10-15)13-18-16(20)14-8-7-11-19(12-14)23(3,21)22/h4-6,9-10,14H,7-8,11-13H2,1-3H3,(H,18,20)/t14-/m0/s1. The molecule has 0 spiro atoms. The molecule has 2 rings (SSSR count). The fraction of sp³-hybridized carbons (Fsp3) is 0.588. The van der Waals surface area contributed by atoms with Gasteiger partial charge in [-0.3, -0.25) is 4.79 Å². The highest BCUT2D eigenvalue weighted by atomic mass is 32.2. The van der Waals surface area contributed by atoms with Crippen LogP contribution in [0.2, 0.25) is 0 Å². The van der Waals surface area contributed by atoms with Gasteiger partial charge in [0, 0.05) is 25.0 Å². The Morgan fingerprint density at radius 2 is 1.96 bits per heavy atom. The van der Waals surface area contributed by atoms with Crippen LogP contribution in [0.25, 0.3) is 0 Å². The Balaban J connectivity index is 1.94. The fourth-order valence-electron chi connectivity index (χ4n) is 2.90. The molecule has 0 aromatic heterocycles. The number of nitrogens with one attached hydrogen (secondary N) is 1. The smallest absolute Gasteiger partial charge is 0.224 e. The summed E-state index contributed by atoms with van der Waals surface area (Å²) in [6.45, 7) is 5.51. The van der Waals surface area contributed by atoms with Crippen molar-refractivity contribution >= 4 is 15.9 Å². The molecule has 1 N–H and O–H groups in total. The predicted octanol–water partition coefficient (Wildman–Crippen LogP) is 1.75. The maximum Gasteiger partial charge on any atom is 0.224 e. The van der Waals surface area contributed by atoms with Gasteiger partial charge in [-0.05, 0) is 18.4 Å². The molecule has 0 radical (unpaired) electrons. The van der Waals surface area contributed by atoms with Crippen molar-refractivity contribution in [1.29, 1.82) is 0 Å². The Kier molecular flexibility index (Phi) is 5.47. The summed E-state index contributed by atoms with van der Waals surface area (Å²) in [6.07, 6.45) is 2.67. The van der Waals surface area contributed by atoms with Crippen LogP contribution < -0.4 is 5.32 Å². The van der Waals surface area contributed by atoms with E-state index < -0.39 is 10.0 Å². The Hall–Kier alpha value is -1.40. The summed E-state index contributed by atoms with van der Waals surface area (Å²) in [6, 6.07) is 10.1. The summed E-state index contributed by atoms with van der Waals surface area (Å²) in [5.74, 6) is -0.313. The van der Waals surface area contributed by atoms with E-state index in [0.717, 1.165) is 12.8 Å². The maximum absolute atomic E-state index is 12.4. The number of benzene rings is 1. The third-order valence-corrected chi connectivity index (χ3v) is 5.75. The number of hydrogen-bond acceptors (Lipinski definition) is 3. The predicted molar refractivity (Wildman–Crippen MR) is 91.6 cm³/mol. The lowest BCUT2D eigenvalue weighted by atomic mass is 9.84. The van der Waals surface area contributed by atoms with Crippen molar-refractivity contribution in [1.82, 2.24) is 9.62 Å². The number of nitrogens with zero attached hydrogens (tertiary/aromatic N) is 1. The lowest BCUT2D eigenvalue weighted by Crippen LogP contribution is -2.47.